The second-order valence-corrected chi connectivity index (χ2v) is 11.6. The maximum absolute atomic E-state index is 14.3. The number of aryl methyl sites for hydroxylation is 1. The zero-order valence-corrected chi connectivity index (χ0v) is 20.4. The number of hydrogen-bond acceptors (Lipinski definition) is 3. The minimum absolute atomic E-state index is 0.0714. The van der Waals surface area contributed by atoms with E-state index in [2.05, 4.69) is 32.9 Å². The van der Waals surface area contributed by atoms with E-state index < -0.39 is 4.87 Å². The molecule has 0 saturated carbocycles. The minimum atomic E-state index is -1.11. The molecule has 1 atom stereocenters. The molecule has 33 heavy (non-hydrogen) atoms. The summed E-state index contributed by atoms with van der Waals surface area (Å²) in [7, 11) is 0. The van der Waals surface area contributed by atoms with Gasteiger partial charge in [-0.05, 0) is 56.2 Å². The highest BCUT2D eigenvalue weighted by Crippen LogP contribution is 2.60. The second-order valence-electron chi connectivity index (χ2n) is 9.24. The molecule has 3 aromatic carbocycles. The number of thioether (sulfide) groups is 1. The predicted octanol–water partition coefficient (Wildman–Crippen LogP) is 6.02. The minimum Gasteiger partial charge on any atom is -0.310 e. The largest absolute Gasteiger partial charge is 0.310 e. The van der Waals surface area contributed by atoms with Crippen LogP contribution in [0.15, 0.2) is 72.8 Å². The van der Waals surface area contributed by atoms with Gasteiger partial charge in [0.2, 0.25) is 0 Å². The number of para-hydroxylation sites is 1. The molecular weight excluding hydrogens is 452 g/mol. The molecular formula is C27H25ClN2O2S. The monoisotopic (exact) mass is 476 g/mol. The average molecular weight is 477 g/mol. The Morgan fingerprint density at radius 3 is 2.52 bits per heavy atom. The van der Waals surface area contributed by atoms with E-state index in [1.165, 1.54) is 0 Å². The Hall–Kier alpha value is -2.76. The van der Waals surface area contributed by atoms with E-state index in [1.807, 2.05) is 41.3 Å². The number of carbonyl (C=O) groups excluding carboxylic acids is 2. The standard InChI is InChI=1S/C27H25ClN2O2S/c1-18-9-4-5-10-20(18)16-29-23-14-7-6-13-22(23)27(25(29)32)30(17-26(2,3)33-27)24(31)19-11-8-12-21(28)15-19/h4-15H,16-17H2,1-3H3/t27-/m0/s1. The molecule has 2 aliphatic heterocycles. The third-order valence-corrected chi connectivity index (χ3v) is 8.17. The number of carbonyl (C=O) groups is 2. The zero-order chi connectivity index (χ0) is 23.4. The molecule has 2 aliphatic rings. The molecule has 5 rings (SSSR count). The van der Waals surface area contributed by atoms with Gasteiger partial charge in [-0.3, -0.25) is 9.59 Å². The molecule has 0 aromatic heterocycles. The number of fused-ring (bicyclic) bond motifs is 2. The molecule has 0 N–H and O–H groups in total. The summed E-state index contributed by atoms with van der Waals surface area (Å²) in [6, 6.07) is 22.9. The Morgan fingerprint density at radius 2 is 1.76 bits per heavy atom. The third kappa shape index (κ3) is 3.54. The van der Waals surface area contributed by atoms with Crippen LogP contribution in [0, 0.1) is 6.92 Å². The second kappa shape index (κ2) is 7.93. The summed E-state index contributed by atoms with van der Waals surface area (Å²) in [6.45, 7) is 7.15. The van der Waals surface area contributed by atoms with E-state index in [-0.39, 0.29) is 16.6 Å². The van der Waals surface area contributed by atoms with E-state index in [4.69, 9.17) is 11.6 Å². The molecule has 1 saturated heterocycles. The molecule has 168 valence electrons. The summed E-state index contributed by atoms with van der Waals surface area (Å²) < 4.78 is -0.296. The van der Waals surface area contributed by atoms with E-state index in [0.29, 0.717) is 23.7 Å². The first-order valence-corrected chi connectivity index (χ1v) is 12.2. The highest BCUT2D eigenvalue weighted by molar-refractivity contribution is 8.02. The topological polar surface area (TPSA) is 40.6 Å². The van der Waals surface area contributed by atoms with Gasteiger partial charge in [-0.25, -0.2) is 0 Å². The number of halogens is 1. The lowest BCUT2D eigenvalue weighted by atomic mass is 10.0. The number of anilines is 1. The van der Waals surface area contributed by atoms with E-state index in [1.54, 1.807) is 40.9 Å². The lowest BCUT2D eigenvalue weighted by Gasteiger charge is -2.33. The summed E-state index contributed by atoms with van der Waals surface area (Å²) in [5, 5.41) is 0.500. The lowest BCUT2D eigenvalue weighted by Crippen LogP contribution is -2.50. The summed E-state index contributed by atoms with van der Waals surface area (Å²) in [6.07, 6.45) is 0. The number of amides is 2. The highest BCUT2D eigenvalue weighted by atomic mass is 35.5. The molecule has 2 amide bonds. The SMILES string of the molecule is Cc1ccccc1CN1C(=O)[C@@]2(SC(C)(C)CN2C(=O)c2cccc(Cl)c2)c2ccccc21. The van der Waals surface area contributed by atoms with Crippen LogP contribution in [-0.4, -0.2) is 28.0 Å². The average Bonchev–Trinajstić information content (AvgIpc) is 3.21. The smallest absolute Gasteiger partial charge is 0.268 e. The molecule has 0 unspecified atom stereocenters. The fraction of sp³-hybridized carbons (Fsp3) is 0.259. The van der Waals surface area contributed by atoms with Crippen LogP contribution < -0.4 is 4.90 Å². The van der Waals surface area contributed by atoms with Crippen LogP contribution in [-0.2, 0) is 16.2 Å². The van der Waals surface area contributed by atoms with Gasteiger partial charge in [0, 0.05) is 27.4 Å². The van der Waals surface area contributed by atoms with Crippen LogP contribution >= 0.6 is 23.4 Å². The summed E-state index contributed by atoms with van der Waals surface area (Å²) in [5.41, 5.74) is 4.44. The molecule has 0 aliphatic carbocycles. The molecule has 0 radical (unpaired) electrons. The van der Waals surface area contributed by atoms with Crippen molar-refractivity contribution in [1.29, 1.82) is 0 Å². The van der Waals surface area contributed by atoms with E-state index >= 15 is 0 Å². The molecule has 4 nitrogen and oxygen atoms in total. The fourth-order valence-electron chi connectivity index (χ4n) is 4.85. The Kier molecular flexibility index (Phi) is 5.30. The van der Waals surface area contributed by atoms with Crippen molar-refractivity contribution in [2.75, 3.05) is 11.4 Å². The van der Waals surface area contributed by atoms with Crippen LogP contribution in [0.3, 0.4) is 0 Å². The highest BCUT2D eigenvalue weighted by Gasteiger charge is 2.63. The Balaban J connectivity index is 1.64. The number of nitrogens with zero attached hydrogens (tertiary/aromatic N) is 2. The van der Waals surface area contributed by atoms with Crippen LogP contribution in [0.5, 0.6) is 0 Å². The molecule has 6 heteroatoms. The van der Waals surface area contributed by atoms with Crippen molar-refractivity contribution in [2.24, 2.45) is 0 Å². The fourth-order valence-corrected chi connectivity index (χ4v) is 6.77. The van der Waals surface area contributed by atoms with Gasteiger partial charge in [-0.2, -0.15) is 0 Å². The van der Waals surface area contributed by atoms with Gasteiger partial charge >= 0.3 is 0 Å². The Bertz CT molecular complexity index is 1270. The van der Waals surface area contributed by atoms with Crippen molar-refractivity contribution in [1.82, 2.24) is 4.90 Å². The maximum atomic E-state index is 14.3. The van der Waals surface area contributed by atoms with Gasteiger partial charge in [0.15, 0.2) is 4.87 Å². The van der Waals surface area contributed by atoms with Crippen molar-refractivity contribution in [3.63, 3.8) is 0 Å². The predicted molar refractivity (Wildman–Crippen MR) is 135 cm³/mol. The third-order valence-electron chi connectivity index (χ3n) is 6.34. The first-order valence-electron chi connectivity index (χ1n) is 11.0. The number of rotatable bonds is 3. The van der Waals surface area contributed by atoms with Gasteiger partial charge in [0.05, 0.1) is 12.2 Å². The van der Waals surface area contributed by atoms with Crippen LogP contribution in [0.1, 0.15) is 40.9 Å². The van der Waals surface area contributed by atoms with Gasteiger partial charge < -0.3 is 9.80 Å². The van der Waals surface area contributed by atoms with E-state index in [9.17, 15) is 9.59 Å². The quantitative estimate of drug-likeness (QED) is 0.464. The number of hydrogen-bond donors (Lipinski definition) is 0. The van der Waals surface area contributed by atoms with Crippen LogP contribution in [0.25, 0.3) is 0 Å². The van der Waals surface area contributed by atoms with Gasteiger partial charge in [-0.15, -0.1) is 11.8 Å². The molecule has 1 spiro atoms. The maximum Gasteiger partial charge on any atom is 0.268 e. The van der Waals surface area contributed by atoms with Crippen molar-refractivity contribution >= 4 is 40.9 Å². The van der Waals surface area contributed by atoms with Crippen molar-refractivity contribution in [3.8, 4) is 0 Å². The first kappa shape index (κ1) is 22.1. The summed E-state index contributed by atoms with van der Waals surface area (Å²) in [5.74, 6) is -0.255. The van der Waals surface area contributed by atoms with Gasteiger partial charge in [0.25, 0.3) is 11.8 Å². The van der Waals surface area contributed by atoms with Gasteiger partial charge in [0.1, 0.15) is 0 Å². The molecule has 2 heterocycles. The Morgan fingerprint density at radius 1 is 1.03 bits per heavy atom. The molecule has 0 bridgehead atoms. The summed E-state index contributed by atoms with van der Waals surface area (Å²) >= 11 is 7.75. The van der Waals surface area contributed by atoms with Crippen molar-refractivity contribution < 1.29 is 9.59 Å². The Labute approximate surface area is 203 Å². The number of benzene rings is 3. The van der Waals surface area contributed by atoms with E-state index in [0.717, 1.165) is 22.4 Å². The lowest BCUT2D eigenvalue weighted by molar-refractivity contribution is -0.123. The van der Waals surface area contributed by atoms with Crippen LogP contribution in [0.4, 0.5) is 5.69 Å². The van der Waals surface area contributed by atoms with Crippen LogP contribution in [0.2, 0.25) is 5.02 Å². The van der Waals surface area contributed by atoms with Crippen molar-refractivity contribution in [2.45, 2.75) is 36.9 Å². The van der Waals surface area contributed by atoms with Crippen molar-refractivity contribution in [3.05, 3.63) is 100 Å². The normalized spacial score (nSPS) is 21.0. The summed E-state index contributed by atoms with van der Waals surface area (Å²) in [4.78, 5) is 30.6. The van der Waals surface area contributed by atoms with Gasteiger partial charge in [-0.1, -0.05) is 60.1 Å². The first-order chi connectivity index (χ1) is 15.7. The zero-order valence-electron chi connectivity index (χ0n) is 18.8. The molecule has 3 aromatic rings. The molecule has 1 fully saturated rings.